The van der Waals surface area contributed by atoms with Gasteiger partial charge in [0, 0.05) is 25.3 Å². The number of amides is 2. The average molecular weight is 283 g/mol. The second kappa shape index (κ2) is 7.28. The molecule has 0 bridgehead atoms. The van der Waals surface area contributed by atoms with Gasteiger partial charge in [-0.2, -0.15) is 0 Å². The molecule has 3 N–H and O–H groups in total. The maximum atomic E-state index is 11.7. The number of nitrogens with one attached hydrogen (secondary N) is 2. The lowest BCUT2D eigenvalue weighted by Gasteiger charge is -2.23. The van der Waals surface area contributed by atoms with Crippen molar-refractivity contribution in [3.63, 3.8) is 0 Å². The van der Waals surface area contributed by atoms with E-state index in [0.717, 1.165) is 17.0 Å². The Morgan fingerprint density at radius 3 is 2.60 bits per heavy atom. The monoisotopic (exact) mass is 283 g/mol. The van der Waals surface area contributed by atoms with E-state index in [2.05, 4.69) is 15.8 Å². The van der Waals surface area contributed by atoms with E-state index in [4.69, 9.17) is 9.63 Å². The summed E-state index contributed by atoms with van der Waals surface area (Å²) in [6.45, 7) is 8.97. The molecule has 114 valence electrons. The first kappa shape index (κ1) is 16.5. The zero-order valence-electron chi connectivity index (χ0n) is 12.7. The van der Waals surface area contributed by atoms with E-state index in [0.29, 0.717) is 25.9 Å². The Morgan fingerprint density at radius 1 is 1.35 bits per heavy atom. The lowest BCUT2D eigenvalue weighted by atomic mass is 9.90. The molecule has 6 heteroatoms. The standard InChI is InChI=1S/C14H25N3O3/c1-10-12(11(2)20-17-10)5-7-15-13(19)16-9-14(3,4)6-8-18/h18H,5-9H2,1-4H3,(H2,15,16,19). The highest BCUT2D eigenvalue weighted by atomic mass is 16.5. The van der Waals surface area contributed by atoms with Gasteiger partial charge in [0.1, 0.15) is 5.76 Å². The minimum atomic E-state index is -0.192. The van der Waals surface area contributed by atoms with Gasteiger partial charge in [-0.1, -0.05) is 19.0 Å². The molecule has 0 fully saturated rings. The minimum Gasteiger partial charge on any atom is -0.396 e. The van der Waals surface area contributed by atoms with Crippen LogP contribution in [-0.2, 0) is 6.42 Å². The third-order valence-electron chi connectivity index (χ3n) is 3.36. The summed E-state index contributed by atoms with van der Waals surface area (Å²) in [6.07, 6.45) is 1.36. The number of hydrogen-bond donors (Lipinski definition) is 3. The van der Waals surface area contributed by atoms with E-state index in [1.54, 1.807) is 0 Å². The Kier molecular flexibility index (Phi) is 6.01. The van der Waals surface area contributed by atoms with Crippen LogP contribution in [0.25, 0.3) is 0 Å². The van der Waals surface area contributed by atoms with E-state index in [9.17, 15) is 4.79 Å². The summed E-state index contributed by atoms with van der Waals surface area (Å²) in [7, 11) is 0. The van der Waals surface area contributed by atoms with Crippen molar-refractivity contribution in [3.05, 3.63) is 17.0 Å². The minimum absolute atomic E-state index is 0.103. The normalized spacial score (nSPS) is 11.4. The van der Waals surface area contributed by atoms with Crippen molar-refractivity contribution in [3.8, 4) is 0 Å². The smallest absolute Gasteiger partial charge is 0.314 e. The lowest BCUT2D eigenvalue weighted by molar-refractivity contribution is 0.201. The Labute approximate surface area is 119 Å². The predicted molar refractivity (Wildman–Crippen MR) is 76.6 cm³/mol. The molecule has 20 heavy (non-hydrogen) atoms. The number of aliphatic hydroxyl groups is 1. The largest absolute Gasteiger partial charge is 0.396 e. The molecule has 1 heterocycles. The third kappa shape index (κ3) is 5.21. The van der Waals surface area contributed by atoms with Crippen molar-refractivity contribution in [2.75, 3.05) is 19.7 Å². The fourth-order valence-electron chi connectivity index (χ4n) is 1.93. The number of hydrogen-bond acceptors (Lipinski definition) is 4. The summed E-state index contributed by atoms with van der Waals surface area (Å²) in [5.74, 6) is 0.800. The highest BCUT2D eigenvalue weighted by Gasteiger charge is 2.18. The van der Waals surface area contributed by atoms with Crippen molar-refractivity contribution in [2.24, 2.45) is 5.41 Å². The number of aliphatic hydroxyl groups excluding tert-OH is 1. The first-order valence-electron chi connectivity index (χ1n) is 6.90. The van der Waals surface area contributed by atoms with Crippen LogP contribution in [0.4, 0.5) is 4.79 Å². The van der Waals surface area contributed by atoms with Crippen LogP contribution in [0.2, 0.25) is 0 Å². The van der Waals surface area contributed by atoms with Crippen molar-refractivity contribution in [1.82, 2.24) is 15.8 Å². The molecule has 0 atom stereocenters. The van der Waals surface area contributed by atoms with Gasteiger partial charge in [-0.25, -0.2) is 4.79 Å². The average Bonchev–Trinajstić information content (AvgIpc) is 2.68. The lowest BCUT2D eigenvalue weighted by Crippen LogP contribution is -2.41. The molecule has 1 rings (SSSR count). The molecular formula is C14H25N3O3. The number of carbonyl (C=O) groups is 1. The number of urea groups is 1. The summed E-state index contributed by atoms with van der Waals surface area (Å²) in [6, 6.07) is -0.192. The SMILES string of the molecule is Cc1noc(C)c1CCNC(=O)NCC(C)(C)CCO. The molecule has 1 aromatic rings. The van der Waals surface area contributed by atoms with Crippen LogP contribution in [0.1, 0.15) is 37.3 Å². The van der Waals surface area contributed by atoms with E-state index in [1.807, 2.05) is 27.7 Å². The molecular weight excluding hydrogens is 258 g/mol. The van der Waals surface area contributed by atoms with E-state index in [-0.39, 0.29) is 18.1 Å². The fraction of sp³-hybridized carbons (Fsp3) is 0.714. The molecule has 0 aromatic carbocycles. The maximum Gasteiger partial charge on any atom is 0.314 e. The molecule has 1 aromatic heterocycles. The van der Waals surface area contributed by atoms with Crippen LogP contribution in [-0.4, -0.2) is 36.0 Å². The molecule has 0 saturated heterocycles. The molecule has 0 saturated carbocycles. The van der Waals surface area contributed by atoms with Crippen molar-refractivity contribution >= 4 is 6.03 Å². The zero-order chi connectivity index (χ0) is 15.2. The molecule has 0 spiro atoms. The highest BCUT2D eigenvalue weighted by molar-refractivity contribution is 5.73. The van der Waals surface area contributed by atoms with Crippen LogP contribution >= 0.6 is 0 Å². The zero-order valence-corrected chi connectivity index (χ0v) is 12.7. The highest BCUT2D eigenvalue weighted by Crippen LogP contribution is 2.17. The predicted octanol–water partition coefficient (Wildman–Crippen LogP) is 1.54. The van der Waals surface area contributed by atoms with Gasteiger partial charge < -0.3 is 20.3 Å². The van der Waals surface area contributed by atoms with Crippen LogP contribution in [0.15, 0.2) is 4.52 Å². The molecule has 0 unspecified atom stereocenters. The van der Waals surface area contributed by atoms with E-state index >= 15 is 0 Å². The Hall–Kier alpha value is -1.56. The molecule has 2 amide bonds. The topological polar surface area (TPSA) is 87.4 Å². The van der Waals surface area contributed by atoms with Crippen LogP contribution < -0.4 is 10.6 Å². The fourth-order valence-corrected chi connectivity index (χ4v) is 1.93. The first-order chi connectivity index (χ1) is 9.35. The number of aryl methyl sites for hydroxylation is 2. The number of aromatic nitrogens is 1. The molecule has 6 nitrogen and oxygen atoms in total. The summed E-state index contributed by atoms with van der Waals surface area (Å²) in [4.78, 5) is 11.7. The van der Waals surface area contributed by atoms with Crippen LogP contribution in [0, 0.1) is 19.3 Å². The van der Waals surface area contributed by atoms with E-state index in [1.165, 1.54) is 0 Å². The van der Waals surface area contributed by atoms with Gasteiger partial charge in [-0.15, -0.1) is 0 Å². The number of rotatable bonds is 7. The molecule has 0 aliphatic carbocycles. The maximum absolute atomic E-state index is 11.7. The second-order valence-electron chi connectivity index (χ2n) is 5.80. The van der Waals surface area contributed by atoms with E-state index < -0.39 is 0 Å². The van der Waals surface area contributed by atoms with Crippen molar-refractivity contribution in [1.29, 1.82) is 0 Å². The molecule has 0 aliphatic rings. The van der Waals surface area contributed by atoms with Gasteiger partial charge in [0.05, 0.1) is 5.69 Å². The second-order valence-corrected chi connectivity index (χ2v) is 5.80. The van der Waals surface area contributed by atoms with Gasteiger partial charge in [0.2, 0.25) is 0 Å². The Morgan fingerprint density at radius 2 is 2.05 bits per heavy atom. The van der Waals surface area contributed by atoms with Gasteiger partial charge in [-0.3, -0.25) is 0 Å². The number of carbonyl (C=O) groups excluding carboxylic acids is 1. The van der Waals surface area contributed by atoms with Crippen LogP contribution in [0.5, 0.6) is 0 Å². The van der Waals surface area contributed by atoms with Gasteiger partial charge in [0.15, 0.2) is 0 Å². The molecule has 0 aliphatic heterocycles. The summed E-state index contributed by atoms with van der Waals surface area (Å²) < 4.78 is 5.07. The summed E-state index contributed by atoms with van der Waals surface area (Å²) >= 11 is 0. The quantitative estimate of drug-likeness (QED) is 0.708. The third-order valence-corrected chi connectivity index (χ3v) is 3.36. The summed E-state index contributed by atoms with van der Waals surface area (Å²) in [5, 5.41) is 18.4. The summed E-state index contributed by atoms with van der Waals surface area (Å²) in [5.41, 5.74) is 1.81. The number of nitrogens with zero attached hydrogens (tertiary/aromatic N) is 1. The Bertz CT molecular complexity index is 421. The molecule has 0 radical (unpaired) electrons. The van der Waals surface area contributed by atoms with Gasteiger partial charge in [-0.05, 0) is 32.1 Å². The van der Waals surface area contributed by atoms with Crippen molar-refractivity contribution in [2.45, 2.75) is 40.5 Å². The van der Waals surface area contributed by atoms with Crippen LogP contribution in [0.3, 0.4) is 0 Å². The van der Waals surface area contributed by atoms with Gasteiger partial charge in [0.25, 0.3) is 0 Å². The Balaban J connectivity index is 2.27. The first-order valence-corrected chi connectivity index (χ1v) is 6.90. The van der Waals surface area contributed by atoms with Crippen molar-refractivity contribution < 1.29 is 14.4 Å². The van der Waals surface area contributed by atoms with Gasteiger partial charge >= 0.3 is 6.03 Å².